The van der Waals surface area contributed by atoms with E-state index in [1.54, 1.807) is 6.92 Å². The van der Waals surface area contributed by atoms with Crippen LogP contribution in [0.15, 0.2) is 0 Å². The summed E-state index contributed by atoms with van der Waals surface area (Å²) in [5, 5.41) is 9.93. The Bertz CT molecular complexity index is 650. The number of carbonyl (C=O) groups is 1. The van der Waals surface area contributed by atoms with E-state index in [4.69, 9.17) is 4.55 Å². The topological polar surface area (TPSA) is 91.7 Å². The zero-order valence-electron chi connectivity index (χ0n) is 23.7. The van der Waals surface area contributed by atoms with Crippen LogP contribution in [-0.2, 0) is 14.9 Å². The van der Waals surface area contributed by atoms with Gasteiger partial charge in [0.15, 0.2) is 5.54 Å². The van der Waals surface area contributed by atoms with Gasteiger partial charge in [-0.05, 0) is 26.2 Å². The Labute approximate surface area is 217 Å². The number of quaternary nitrogens is 1. The van der Waals surface area contributed by atoms with Crippen LogP contribution in [0.1, 0.15) is 143 Å². The second-order valence-corrected chi connectivity index (χ2v) is 13.0. The highest BCUT2D eigenvalue weighted by Gasteiger charge is 2.50. The van der Waals surface area contributed by atoms with Gasteiger partial charge in [0.1, 0.15) is 0 Å². The molecule has 0 aromatic heterocycles. The van der Waals surface area contributed by atoms with Crippen LogP contribution in [0.4, 0.5) is 0 Å². The second kappa shape index (κ2) is 18.6. The molecule has 0 spiro atoms. The van der Waals surface area contributed by atoms with Gasteiger partial charge in [-0.15, -0.1) is 0 Å². The van der Waals surface area contributed by atoms with Gasteiger partial charge < -0.3 is 9.59 Å². The maximum absolute atomic E-state index is 12.1. The lowest BCUT2D eigenvalue weighted by Crippen LogP contribution is -2.66. The normalized spacial score (nSPS) is 15.1. The lowest BCUT2D eigenvalue weighted by molar-refractivity contribution is -0.952. The summed E-state index contributed by atoms with van der Waals surface area (Å²) < 4.78 is 31.4. The summed E-state index contributed by atoms with van der Waals surface area (Å²) in [6, 6.07) is 0.147. The van der Waals surface area contributed by atoms with Crippen LogP contribution in [0.5, 0.6) is 0 Å². The van der Waals surface area contributed by atoms with E-state index in [9.17, 15) is 18.3 Å². The van der Waals surface area contributed by atoms with Gasteiger partial charge in [0.2, 0.25) is 0 Å². The molecule has 0 aliphatic carbocycles. The quantitative estimate of drug-likeness (QED) is 0.0776. The van der Waals surface area contributed by atoms with Gasteiger partial charge in [-0.1, -0.05) is 103 Å². The zero-order chi connectivity index (χ0) is 26.8. The second-order valence-electron chi connectivity index (χ2n) is 11.4. The molecule has 0 heterocycles. The standard InChI is InChI=1S/C28H57NO5S/c1-6-7-8-9-10-11-12-13-14-15-16-17-18-19-20-21-23-26(2)29(4,5)28(3,27(30)31)24-22-25-35(32,33)34/h26H,6-25H2,1-5H3,(H-,30,31,32,33,34)/p+1. The third kappa shape index (κ3) is 15.2. The van der Waals surface area contributed by atoms with Crippen molar-refractivity contribution in [1.82, 2.24) is 0 Å². The molecule has 2 N–H and O–H groups in total. The molecule has 0 bridgehead atoms. The number of carboxylic acids is 1. The highest BCUT2D eigenvalue weighted by Crippen LogP contribution is 2.32. The number of nitrogens with zero attached hydrogens (tertiary/aromatic N) is 1. The molecule has 6 nitrogen and oxygen atoms in total. The van der Waals surface area contributed by atoms with Crippen molar-refractivity contribution in [3.05, 3.63) is 0 Å². The highest BCUT2D eigenvalue weighted by atomic mass is 32.2. The Kier molecular flexibility index (Phi) is 18.2. The van der Waals surface area contributed by atoms with Crippen molar-refractivity contribution in [3.8, 4) is 0 Å². The molecule has 2 atom stereocenters. The molecular weight excluding hydrogens is 462 g/mol. The average molecular weight is 521 g/mol. The molecule has 0 saturated carbocycles. The first-order chi connectivity index (χ1) is 16.4. The van der Waals surface area contributed by atoms with E-state index >= 15 is 0 Å². The number of hydrogen-bond acceptors (Lipinski definition) is 3. The monoisotopic (exact) mass is 520 g/mol. The van der Waals surface area contributed by atoms with Crippen molar-refractivity contribution in [2.75, 3.05) is 19.8 Å². The van der Waals surface area contributed by atoms with E-state index in [0.717, 1.165) is 12.8 Å². The largest absolute Gasteiger partial charge is 0.477 e. The summed E-state index contributed by atoms with van der Waals surface area (Å²) in [6.07, 6.45) is 22.7. The van der Waals surface area contributed by atoms with Gasteiger partial charge in [-0.3, -0.25) is 4.55 Å². The number of likely N-dealkylation sites (N-methyl/N-ethyl adjacent to an activating group) is 1. The molecular formula is C28H58NO5S+. The molecule has 2 unspecified atom stereocenters. The van der Waals surface area contributed by atoms with E-state index in [2.05, 4.69) is 13.8 Å². The predicted molar refractivity (Wildman–Crippen MR) is 147 cm³/mol. The summed E-state index contributed by atoms with van der Waals surface area (Å²) in [5.41, 5.74) is -1.10. The molecule has 0 aromatic rings. The zero-order valence-corrected chi connectivity index (χ0v) is 24.5. The van der Waals surface area contributed by atoms with E-state index in [1.165, 1.54) is 96.3 Å². The van der Waals surface area contributed by atoms with Crippen molar-refractivity contribution in [3.63, 3.8) is 0 Å². The van der Waals surface area contributed by atoms with E-state index in [1.807, 2.05) is 14.1 Å². The summed E-state index contributed by atoms with van der Waals surface area (Å²) in [5.74, 6) is -1.32. The molecule has 0 amide bonds. The van der Waals surface area contributed by atoms with Crippen molar-refractivity contribution in [2.24, 2.45) is 0 Å². The first-order valence-corrected chi connectivity index (χ1v) is 16.0. The summed E-state index contributed by atoms with van der Waals surface area (Å²) in [4.78, 5) is 12.1. The highest BCUT2D eigenvalue weighted by molar-refractivity contribution is 7.85. The smallest absolute Gasteiger partial charge is 0.365 e. The van der Waals surface area contributed by atoms with Crippen LogP contribution in [0.3, 0.4) is 0 Å². The Morgan fingerprint density at radius 1 is 0.771 bits per heavy atom. The van der Waals surface area contributed by atoms with Gasteiger partial charge in [0, 0.05) is 13.3 Å². The van der Waals surface area contributed by atoms with Crippen LogP contribution < -0.4 is 0 Å². The Morgan fingerprint density at radius 2 is 1.14 bits per heavy atom. The third-order valence-corrected chi connectivity index (χ3v) is 9.18. The summed E-state index contributed by atoms with van der Waals surface area (Å²) in [6.45, 7) is 6.06. The minimum Gasteiger partial charge on any atom is -0.477 e. The van der Waals surface area contributed by atoms with Crippen LogP contribution in [-0.4, -0.2) is 60.0 Å². The van der Waals surface area contributed by atoms with Gasteiger partial charge >= 0.3 is 5.97 Å². The molecule has 210 valence electrons. The molecule has 0 aromatic carbocycles. The molecule has 7 heteroatoms. The maximum atomic E-state index is 12.1. The SMILES string of the molecule is CCCCCCCCCCCCCCCCCCC(C)[N+](C)(C)C(C)(CCCS(=O)(=O)O)C(=O)O. The Hall–Kier alpha value is -0.660. The third-order valence-electron chi connectivity index (χ3n) is 8.38. The Balaban J connectivity index is 3.99. The van der Waals surface area contributed by atoms with Crippen molar-refractivity contribution in [1.29, 1.82) is 0 Å². The number of unbranched alkanes of at least 4 members (excludes halogenated alkanes) is 15. The first kappa shape index (κ1) is 34.3. The van der Waals surface area contributed by atoms with Crippen molar-refractivity contribution in [2.45, 2.75) is 154 Å². The number of carboxylic acid groups (broad SMARTS) is 1. The van der Waals surface area contributed by atoms with Crippen LogP contribution >= 0.6 is 0 Å². The fourth-order valence-corrected chi connectivity index (χ4v) is 5.55. The van der Waals surface area contributed by atoms with Crippen LogP contribution in [0.25, 0.3) is 0 Å². The van der Waals surface area contributed by atoms with Crippen LogP contribution in [0.2, 0.25) is 0 Å². The first-order valence-electron chi connectivity index (χ1n) is 14.4. The minimum absolute atomic E-state index is 0.134. The Morgan fingerprint density at radius 3 is 1.49 bits per heavy atom. The van der Waals surface area contributed by atoms with Gasteiger partial charge in [-0.2, -0.15) is 8.42 Å². The fourth-order valence-electron chi connectivity index (χ4n) is 5.04. The molecule has 0 saturated heterocycles. The number of hydrogen-bond donors (Lipinski definition) is 2. The number of aliphatic carboxylic acids is 1. The number of rotatable bonds is 24. The maximum Gasteiger partial charge on any atom is 0.365 e. The molecule has 0 radical (unpaired) electrons. The van der Waals surface area contributed by atoms with E-state index < -0.39 is 27.4 Å². The fraction of sp³-hybridized carbons (Fsp3) is 0.964. The molecule has 0 aliphatic heterocycles. The van der Waals surface area contributed by atoms with E-state index in [0.29, 0.717) is 4.48 Å². The summed E-state index contributed by atoms with van der Waals surface area (Å²) in [7, 11) is -0.218. The van der Waals surface area contributed by atoms with E-state index in [-0.39, 0.29) is 18.9 Å². The molecule has 35 heavy (non-hydrogen) atoms. The molecule has 0 aliphatic rings. The summed E-state index contributed by atoms with van der Waals surface area (Å²) >= 11 is 0. The van der Waals surface area contributed by atoms with Crippen LogP contribution in [0, 0.1) is 0 Å². The molecule has 0 fully saturated rings. The van der Waals surface area contributed by atoms with Gasteiger partial charge in [-0.25, -0.2) is 4.79 Å². The minimum atomic E-state index is -4.08. The van der Waals surface area contributed by atoms with Gasteiger partial charge in [0.05, 0.1) is 25.9 Å². The van der Waals surface area contributed by atoms with Gasteiger partial charge in [0.25, 0.3) is 10.1 Å². The lowest BCUT2D eigenvalue weighted by atomic mass is 9.89. The predicted octanol–water partition coefficient (Wildman–Crippen LogP) is 7.61. The molecule has 0 rings (SSSR count). The average Bonchev–Trinajstić information content (AvgIpc) is 2.77. The van der Waals surface area contributed by atoms with Crippen molar-refractivity contribution < 1.29 is 27.4 Å². The lowest BCUT2D eigenvalue weighted by Gasteiger charge is -2.48. The van der Waals surface area contributed by atoms with Crippen molar-refractivity contribution >= 4 is 16.1 Å².